The van der Waals surface area contributed by atoms with Crippen LogP contribution in [0.15, 0.2) is 40.9 Å². The average molecular weight is 393 g/mol. The second-order valence-corrected chi connectivity index (χ2v) is 7.20. The van der Waals surface area contributed by atoms with E-state index in [1.165, 1.54) is 5.56 Å². The van der Waals surface area contributed by atoms with Gasteiger partial charge in [-0.25, -0.2) is 0 Å². The van der Waals surface area contributed by atoms with Crippen LogP contribution in [0.5, 0.6) is 11.5 Å². The number of aromatic nitrogens is 2. The Bertz CT molecular complexity index is 1060. The van der Waals surface area contributed by atoms with E-state index >= 15 is 0 Å². The second-order valence-electron chi connectivity index (χ2n) is 7.20. The molecule has 2 heterocycles. The first-order valence-electron chi connectivity index (χ1n) is 9.43. The number of carbonyl (C=O) groups excluding carboxylic acids is 1. The van der Waals surface area contributed by atoms with E-state index in [4.69, 9.17) is 14.0 Å². The summed E-state index contributed by atoms with van der Waals surface area (Å²) in [5.74, 6) is 2.07. The van der Waals surface area contributed by atoms with Crippen LogP contribution in [0.2, 0.25) is 0 Å². The van der Waals surface area contributed by atoms with Crippen molar-refractivity contribution in [1.82, 2.24) is 10.1 Å². The van der Waals surface area contributed by atoms with Crippen LogP contribution in [0.4, 0.5) is 5.69 Å². The number of anilines is 1. The molecule has 3 aromatic rings. The molecular weight excluding hydrogens is 370 g/mol. The molecule has 0 unspecified atom stereocenters. The number of hydrogen-bond acceptors (Lipinski definition) is 6. The zero-order chi connectivity index (χ0) is 20.5. The summed E-state index contributed by atoms with van der Waals surface area (Å²) in [6.45, 7) is 4.63. The van der Waals surface area contributed by atoms with Crippen LogP contribution in [-0.4, -0.2) is 36.8 Å². The van der Waals surface area contributed by atoms with Crippen LogP contribution in [0.25, 0.3) is 11.4 Å². The largest absolute Gasteiger partial charge is 0.493 e. The Kier molecular flexibility index (Phi) is 4.96. The molecule has 1 aliphatic rings. The maximum absolute atomic E-state index is 12.6. The maximum Gasteiger partial charge on any atom is 0.232 e. The van der Waals surface area contributed by atoms with Gasteiger partial charge in [-0.15, -0.1) is 0 Å². The monoisotopic (exact) mass is 393 g/mol. The van der Waals surface area contributed by atoms with E-state index in [-0.39, 0.29) is 11.8 Å². The van der Waals surface area contributed by atoms with Gasteiger partial charge in [-0.3, -0.25) is 4.79 Å². The van der Waals surface area contributed by atoms with Crippen molar-refractivity contribution in [2.75, 3.05) is 25.7 Å². The van der Waals surface area contributed by atoms with Crippen LogP contribution in [0.1, 0.15) is 29.4 Å². The van der Waals surface area contributed by atoms with E-state index in [9.17, 15) is 4.79 Å². The van der Waals surface area contributed by atoms with Gasteiger partial charge in [0.15, 0.2) is 11.5 Å². The molecule has 1 aromatic heterocycles. The summed E-state index contributed by atoms with van der Waals surface area (Å²) in [5.41, 5.74) is 4.02. The fourth-order valence-electron chi connectivity index (χ4n) is 3.51. The van der Waals surface area contributed by atoms with Gasteiger partial charge in [0.1, 0.15) is 0 Å². The highest BCUT2D eigenvalue weighted by Gasteiger charge is 2.35. The summed E-state index contributed by atoms with van der Waals surface area (Å²) in [7, 11) is 3.16. The number of nitrogens with zero attached hydrogens (tertiary/aromatic N) is 3. The zero-order valence-corrected chi connectivity index (χ0v) is 16.9. The second kappa shape index (κ2) is 7.58. The minimum absolute atomic E-state index is 0.0594. The van der Waals surface area contributed by atoms with Crippen LogP contribution >= 0.6 is 0 Å². The summed E-state index contributed by atoms with van der Waals surface area (Å²) >= 11 is 0. The molecule has 0 spiro atoms. The predicted molar refractivity (Wildman–Crippen MR) is 108 cm³/mol. The number of aryl methyl sites for hydroxylation is 2. The number of methoxy groups -OCH3 is 2. The fourth-order valence-corrected chi connectivity index (χ4v) is 3.51. The van der Waals surface area contributed by atoms with E-state index in [1.54, 1.807) is 31.3 Å². The number of carbonyl (C=O) groups is 1. The molecule has 4 rings (SSSR count). The van der Waals surface area contributed by atoms with Crippen LogP contribution in [0, 0.1) is 13.8 Å². The van der Waals surface area contributed by atoms with Crippen LogP contribution in [-0.2, 0) is 4.79 Å². The van der Waals surface area contributed by atoms with E-state index < -0.39 is 0 Å². The molecule has 1 fully saturated rings. The summed E-state index contributed by atoms with van der Waals surface area (Å²) in [6.07, 6.45) is 0.348. The third-order valence-electron chi connectivity index (χ3n) is 5.36. The molecule has 0 N–H and O–H groups in total. The molecule has 2 aromatic carbocycles. The van der Waals surface area contributed by atoms with Crippen molar-refractivity contribution in [1.29, 1.82) is 0 Å². The molecule has 29 heavy (non-hydrogen) atoms. The van der Waals surface area contributed by atoms with Crippen molar-refractivity contribution in [2.45, 2.75) is 26.2 Å². The summed E-state index contributed by atoms with van der Waals surface area (Å²) in [6, 6.07) is 11.5. The number of benzene rings is 2. The first-order valence-corrected chi connectivity index (χ1v) is 9.43. The molecule has 0 bridgehead atoms. The Hall–Kier alpha value is -3.35. The number of hydrogen-bond donors (Lipinski definition) is 0. The first kappa shape index (κ1) is 19.0. The fraction of sp³-hybridized carbons (Fsp3) is 0.318. The summed E-state index contributed by atoms with van der Waals surface area (Å²) in [4.78, 5) is 18.9. The Morgan fingerprint density at radius 3 is 2.55 bits per heavy atom. The smallest absolute Gasteiger partial charge is 0.232 e. The molecule has 1 aliphatic heterocycles. The van der Waals surface area contributed by atoms with Gasteiger partial charge in [0.05, 0.1) is 20.1 Å². The minimum Gasteiger partial charge on any atom is -0.493 e. The lowest BCUT2D eigenvalue weighted by Crippen LogP contribution is -2.24. The predicted octanol–water partition coefficient (Wildman–Crippen LogP) is 3.89. The van der Waals surface area contributed by atoms with Crippen molar-refractivity contribution < 1.29 is 18.8 Å². The summed E-state index contributed by atoms with van der Waals surface area (Å²) < 4.78 is 16.1. The molecule has 1 saturated heterocycles. The Morgan fingerprint density at radius 1 is 1.03 bits per heavy atom. The van der Waals surface area contributed by atoms with Crippen molar-refractivity contribution >= 4 is 11.6 Å². The number of amides is 1. The Morgan fingerprint density at radius 2 is 1.83 bits per heavy atom. The minimum atomic E-state index is -0.134. The molecule has 0 aliphatic carbocycles. The van der Waals surface area contributed by atoms with Gasteiger partial charge in [0, 0.05) is 24.2 Å². The van der Waals surface area contributed by atoms with Gasteiger partial charge >= 0.3 is 0 Å². The lowest BCUT2D eigenvalue weighted by Gasteiger charge is -2.17. The zero-order valence-electron chi connectivity index (χ0n) is 16.9. The third-order valence-corrected chi connectivity index (χ3v) is 5.36. The lowest BCUT2D eigenvalue weighted by molar-refractivity contribution is -0.117. The van der Waals surface area contributed by atoms with Gasteiger partial charge in [0.2, 0.25) is 17.6 Å². The van der Waals surface area contributed by atoms with Crippen LogP contribution < -0.4 is 14.4 Å². The highest BCUT2D eigenvalue weighted by Crippen LogP contribution is 2.34. The Labute approximate surface area is 169 Å². The normalized spacial score (nSPS) is 16.3. The molecule has 0 saturated carbocycles. The topological polar surface area (TPSA) is 77.7 Å². The molecular formula is C22H23N3O4. The molecule has 0 radical (unpaired) electrons. The molecule has 1 amide bonds. The first-order chi connectivity index (χ1) is 14.0. The molecule has 150 valence electrons. The van der Waals surface area contributed by atoms with Gasteiger partial charge in [0.25, 0.3) is 0 Å². The highest BCUT2D eigenvalue weighted by atomic mass is 16.5. The van der Waals surface area contributed by atoms with Crippen molar-refractivity contribution in [3.05, 3.63) is 53.4 Å². The third kappa shape index (κ3) is 3.55. The SMILES string of the molecule is COc1ccc(-c2noc([C@H]3CC(=O)N(c4ccc(C)c(C)c4)C3)n2)cc1OC. The van der Waals surface area contributed by atoms with E-state index in [0.717, 1.165) is 16.8 Å². The quantitative estimate of drug-likeness (QED) is 0.654. The lowest BCUT2D eigenvalue weighted by atomic mass is 10.1. The highest BCUT2D eigenvalue weighted by molar-refractivity contribution is 5.96. The maximum atomic E-state index is 12.6. The van der Waals surface area contributed by atoms with E-state index in [0.29, 0.717) is 36.2 Å². The van der Waals surface area contributed by atoms with Crippen molar-refractivity contribution in [2.24, 2.45) is 0 Å². The molecule has 1 atom stereocenters. The van der Waals surface area contributed by atoms with Gasteiger partial charge in [-0.2, -0.15) is 4.98 Å². The van der Waals surface area contributed by atoms with E-state index in [1.807, 2.05) is 31.2 Å². The van der Waals surface area contributed by atoms with Gasteiger partial charge in [-0.05, 0) is 55.3 Å². The van der Waals surface area contributed by atoms with E-state index in [2.05, 4.69) is 17.1 Å². The standard InChI is InChI=1S/C22H23N3O4/c1-13-5-7-17(9-14(13)2)25-12-16(11-20(25)26)22-23-21(24-29-22)15-6-8-18(27-3)19(10-15)28-4/h5-10,16H,11-12H2,1-4H3/t16-/m0/s1. The van der Waals surface area contributed by atoms with Crippen molar-refractivity contribution in [3.63, 3.8) is 0 Å². The Balaban J connectivity index is 1.56. The van der Waals surface area contributed by atoms with Gasteiger partial charge < -0.3 is 18.9 Å². The number of ether oxygens (including phenoxy) is 2. The van der Waals surface area contributed by atoms with Crippen LogP contribution in [0.3, 0.4) is 0 Å². The van der Waals surface area contributed by atoms with Crippen molar-refractivity contribution in [3.8, 4) is 22.9 Å². The molecule has 7 nitrogen and oxygen atoms in total. The summed E-state index contributed by atoms with van der Waals surface area (Å²) in [5, 5.41) is 4.10. The average Bonchev–Trinajstić information content (AvgIpc) is 3.36. The molecule has 7 heteroatoms. The van der Waals surface area contributed by atoms with Gasteiger partial charge in [-0.1, -0.05) is 11.2 Å². The number of rotatable bonds is 5.